The summed E-state index contributed by atoms with van der Waals surface area (Å²) in [6.45, 7) is 2.02. The molecule has 1 aromatic heterocycles. The lowest BCUT2D eigenvalue weighted by Crippen LogP contribution is -2.33. The van der Waals surface area contributed by atoms with E-state index in [1.807, 2.05) is 43.1 Å². The summed E-state index contributed by atoms with van der Waals surface area (Å²) < 4.78 is 0. The fourth-order valence-electron chi connectivity index (χ4n) is 2.07. The van der Waals surface area contributed by atoms with Crippen molar-refractivity contribution >= 4 is 22.4 Å². The maximum absolute atomic E-state index is 8.64. The Balaban J connectivity index is 2.33. The number of pyridine rings is 1. The fourth-order valence-corrected chi connectivity index (χ4v) is 2.07. The monoisotopic (exact) mass is 258 g/mol. The molecule has 3 N–H and O–H groups in total. The number of hydrogen-bond donors (Lipinski definition) is 2. The van der Waals surface area contributed by atoms with E-state index in [0.717, 1.165) is 16.6 Å². The normalized spacial score (nSPS) is 13.5. The standard InChI is InChI=1S/C14H18N4O/c1-10(9-13(15)17-19)18(2)14-12-6-4-3-5-11(12)7-8-16-14/h3-8,10,19H,9H2,1-2H3,(H2,15,17). The van der Waals surface area contributed by atoms with Gasteiger partial charge >= 0.3 is 0 Å². The number of benzene rings is 1. The van der Waals surface area contributed by atoms with Crippen LogP contribution in [0.4, 0.5) is 5.82 Å². The summed E-state index contributed by atoms with van der Waals surface area (Å²) in [5.41, 5.74) is 5.56. The van der Waals surface area contributed by atoms with Crippen LogP contribution in [0.25, 0.3) is 10.8 Å². The van der Waals surface area contributed by atoms with Crippen LogP contribution in [0.2, 0.25) is 0 Å². The van der Waals surface area contributed by atoms with Crippen LogP contribution in [0.15, 0.2) is 41.7 Å². The highest BCUT2D eigenvalue weighted by Crippen LogP contribution is 2.24. The quantitative estimate of drug-likeness (QED) is 0.381. The summed E-state index contributed by atoms with van der Waals surface area (Å²) in [6.07, 6.45) is 2.28. The molecule has 1 atom stereocenters. The van der Waals surface area contributed by atoms with E-state index in [9.17, 15) is 0 Å². The van der Waals surface area contributed by atoms with E-state index in [0.29, 0.717) is 6.42 Å². The van der Waals surface area contributed by atoms with Gasteiger partial charge in [-0.3, -0.25) is 0 Å². The second kappa shape index (κ2) is 5.56. The van der Waals surface area contributed by atoms with Crippen molar-refractivity contribution in [3.63, 3.8) is 0 Å². The Bertz CT molecular complexity index is 592. The molecule has 0 radical (unpaired) electrons. The van der Waals surface area contributed by atoms with Gasteiger partial charge in [0.1, 0.15) is 11.7 Å². The predicted octanol–water partition coefficient (Wildman–Crippen LogP) is 2.20. The van der Waals surface area contributed by atoms with Crippen LogP contribution in [0.3, 0.4) is 0 Å². The molecule has 2 rings (SSSR count). The van der Waals surface area contributed by atoms with Gasteiger partial charge in [0, 0.05) is 31.1 Å². The van der Waals surface area contributed by atoms with Gasteiger partial charge in [0.2, 0.25) is 0 Å². The van der Waals surface area contributed by atoms with Gasteiger partial charge in [0.25, 0.3) is 0 Å². The third kappa shape index (κ3) is 2.76. The zero-order valence-electron chi connectivity index (χ0n) is 11.1. The molecule has 0 aliphatic heterocycles. The molecule has 0 fully saturated rings. The molecule has 0 aliphatic rings. The molecule has 0 saturated carbocycles. The van der Waals surface area contributed by atoms with Crippen LogP contribution >= 0.6 is 0 Å². The SMILES string of the molecule is CC(C/C(N)=N/O)N(C)c1nccc2ccccc12. The second-order valence-electron chi connectivity index (χ2n) is 4.61. The topological polar surface area (TPSA) is 74.7 Å². The Kier molecular flexibility index (Phi) is 3.85. The van der Waals surface area contributed by atoms with E-state index in [1.165, 1.54) is 0 Å². The highest BCUT2D eigenvalue weighted by molar-refractivity contribution is 5.92. The number of amidine groups is 1. The fraction of sp³-hybridized carbons (Fsp3) is 0.286. The minimum absolute atomic E-state index is 0.0919. The third-order valence-corrected chi connectivity index (χ3v) is 3.28. The number of rotatable bonds is 4. The molecule has 1 unspecified atom stereocenters. The van der Waals surface area contributed by atoms with Gasteiger partial charge in [-0.15, -0.1) is 0 Å². The van der Waals surface area contributed by atoms with Crippen molar-refractivity contribution in [1.29, 1.82) is 0 Å². The largest absolute Gasteiger partial charge is 0.409 e. The van der Waals surface area contributed by atoms with Gasteiger partial charge in [-0.1, -0.05) is 29.4 Å². The first-order valence-corrected chi connectivity index (χ1v) is 6.16. The minimum atomic E-state index is 0.0919. The molecule has 0 bridgehead atoms. The molecule has 19 heavy (non-hydrogen) atoms. The van der Waals surface area contributed by atoms with Crippen LogP contribution in [0, 0.1) is 0 Å². The molecule has 5 heteroatoms. The van der Waals surface area contributed by atoms with Crippen molar-refractivity contribution in [2.75, 3.05) is 11.9 Å². The predicted molar refractivity (Wildman–Crippen MR) is 77.6 cm³/mol. The molecular formula is C14H18N4O. The van der Waals surface area contributed by atoms with Crippen molar-refractivity contribution in [3.05, 3.63) is 36.5 Å². The number of nitrogens with two attached hydrogens (primary N) is 1. The average Bonchev–Trinajstić information content (AvgIpc) is 2.45. The van der Waals surface area contributed by atoms with Gasteiger partial charge in [-0.2, -0.15) is 0 Å². The van der Waals surface area contributed by atoms with Gasteiger partial charge in [-0.25, -0.2) is 4.98 Å². The summed E-state index contributed by atoms with van der Waals surface area (Å²) in [5.74, 6) is 1.12. The first-order valence-electron chi connectivity index (χ1n) is 6.16. The highest BCUT2D eigenvalue weighted by Gasteiger charge is 2.15. The summed E-state index contributed by atoms with van der Waals surface area (Å²) in [6, 6.07) is 10.2. The number of fused-ring (bicyclic) bond motifs is 1. The summed E-state index contributed by atoms with van der Waals surface area (Å²) in [7, 11) is 1.96. The summed E-state index contributed by atoms with van der Waals surface area (Å²) in [5, 5.41) is 13.9. The lowest BCUT2D eigenvalue weighted by Gasteiger charge is -2.26. The maximum atomic E-state index is 8.64. The lowest BCUT2D eigenvalue weighted by molar-refractivity contribution is 0.316. The molecule has 0 amide bonds. The average molecular weight is 258 g/mol. The van der Waals surface area contributed by atoms with E-state index in [4.69, 9.17) is 10.9 Å². The van der Waals surface area contributed by atoms with Crippen molar-refractivity contribution in [3.8, 4) is 0 Å². The van der Waals surface area contributed by atoms with Crippen LogP contribution < -0.4 is 10.6 Å². The smallest absolute Gasteiger partial charge is 0.141 e. The molecule has 100 valence electrons. The summed E-state index contributed by atoms with van der Waals surface area (Å²) >= 11 is 0. The first kappa shape index (κ1) is 13.1. The van der Waals surface area contributed by atoms with Crippen molar-refractivity contribution in [2.24, 2.45) is 10.9 Å². The van der Waals surface area contributed by atoms with Gasteiger partial charge in [0.05, 0.1) is 0 Å². The maximum Gasteiger partial charge on any atom is 0.141 e. The number of anilines is 1. The first-order chi connectivity index (χ1) is 9.13. The number of hydrogen-bond acceptors (Lipinski definition) is 4. The minimum Gasteiger partial charge on any atom is -0.409 e. The zero-order valence-corrected chi connectivity index (χ0v) is 11.1. The van der Waals surface area contributed by atoms with E-state index in [1.54, 1.807) is 6.20 Å². The van der Waals surface area contributed by atoms with Crippen molar-refractivity contribution < 1.29 is 5.21 Å². The van der Waals surface area contributed by atoms with Crippen molar-refractivity contribution in [2.45, 2.75) is 19.4 Å². The van der Waals surface area contributed by atoms with E-state index < -0.39 is 0 Å². The zero-order chi connectivity index (χ0) is 13.8. The van der Waals surface area contributed by atoms with E-state index in [-0.39, 0.29) is 11.9 Å². The molecule has 2 aromatic rings. The van der Waals surface area contributed by atoms with Gasteiger partial charge < -0.3 is 15.8 Å². The van der Waals surface area contributed by atoms with Gasteiger partial charge in [-0.05, 0) is 18.4 Å². The molecule has 1 aromatic carbocycles. The van der Waals surface area contributed by atoms with Crippen molar-refractivity contribution in [1.82, 2.24) is 4.98 Å². The number of aromatic nitrogens is 1. The molecule has 0 spiro atoms. The van der Waals surface area contributed by atoms with Crippen LogP contribution in [0.1, 0.15) is 13.3 Å². The molecule has 5 nitrogen and oxygen atoms in total. The molecule has 0 aliphatic carbocycles. The molecule has 0 saturated heterocycles. The van der Waals surface area contributed by atoms with E-state index >= 15 is 0 Å². The van der Waals surface area contributed by atoms with Crippen LogP contribution in [0.5, 0.6) is 0 Å². The molecule has 1 heterocycles. The molecular weight excluding hydrogens is 240 g/mol. The van der Waals surface area contributed by atoms with Gasteiger partial charge in [0.15, 0.2) is 0 Å². The number of oxime groups is 1. The Labute approximate surface area is 112 Å². The van der Waals surface area contributed by atoms with Crippen LogP contribution in [-0.4, -0.2) is 29.1 Å². The number of nitrogens with zero attached hydrogens (tertiary/aromatic N) is 3. The highest BCUT2D eigenvalue weighted by atomic mass is 16.4. The third-order valence-electron chi connectivity index (χ3n) is 3.28. The summed E-state index contributed by atoms with van der Waals surface area (Å²) in [4.78, 5) is 6.49. The van der Waals surface area contributed by atoms with Crippen LogP contribution in [-0.2, 0) is 0 Å². The lowest BCUT2D eigenvalue weighted by atomic mass is 10.1. The Morgan fingerprint density at radius 2 is 2.16 bits per heavy atom. The Hall–Kier alpha value is -2.30. The Morgan fingerprint density at radius 3 is 2.89 bits per heavy atom. The Morgan fingerprint density at radius 1 is 1.42 bits per heavy atom. The second-order valence-corrected chi connectivity index (χ2v) is 4.61. The van der Waals surface area contributed by atoms with E-state index in [2.05, 4.69) is 16.2 Å².